The topological polar surface area (TPSA) is 99.2 Å². The second-order valence-corrected chi connectivity index (χ2v) is 8.63. The molecule has 0 spiro atoms. The van der Waals surface area contributed by atoms with Gasteiger partial charge in [-0.05, 0) is 73.0 Å². The molecule has 36 heavy (non-hydrogen) atoms. The number of amides is 2. The van der Waals surface area contributed by atoms with Gasteiger partial charge < -0.3 is 20.4 Å². The highest BCUT2D eigenvalue weighted by atomic mass is 16.5. The summed E-state index contributed by atoms with van der Waals surface area (Å²) >= 11 is 0. The number of ether oxygens (including phenoxy) is 1. The molecular weight excluding hydrogens is 452 g/mol. The second-order valence-electron chi connectivity index (χ2n) is 8.63. The molecule has 0 saturated carbocycles. The molecule has 1 atom stereocenters. The zero-order valence-electron chi connectivity index (χ0n) is 19.7. The summed E-state index contributed by atoms with van der Waals surface area (Å²) in [5.74, 6) is 1.51. The number of carbonyl (C=O) groups excluding carboxylic acids is 2. The van der Waals surface area contributed by atoms with E-state index in [2.05, 4.69) is 11.9 Å². The van der Waals surface area contributed by atoms with Crippen molar-refractivity contribution < 1.29 is 14.3 Å². The van der Waals surface area contributed by atoms with Crippen LogP contribution in [-0.2, 0) is 11.3 Å². The highest BCUT2D eigenvalue weighted by Crippen LogP contribution is 2.38. The van der Waals surface area contributed by atoms with Gasteiger partial charge >= 0.3 is 0 Å². The number of aromatic nitrogens is 2. The third kappa shape index (κ3) is 4.63. The van der Waals surface area contributed by atoms with Gasteiger partial charge in [-0.1, -0.05) is 36.9 Å². The van der Waals surface area contributed by atoms with Crippen molar-refractivity contribution in [2.45, 2.75) is 25.3 Å². The molecule has 0 aliphatic carbocycles. The molecule has 180 valence electrons. The normalized spacial score (nSPS) is 14.5. The Morgan fingerprint density at radius 2 is 1.69 bits per heavy atom. The second kappa shape index (κ2) is 9.92. The van der Waals surface area contributed by atoms with Crippen LogP contribution in [0.4, 0.5) is 5.69 Å². The first-order valence-electron chi connectivity index (χ1n) is 11.8. The average molecular weight is 479 g/mol. The molecule has 4 aromatic rings. The number of anilines is 1. The van der Waals surface area contributed by atoms with Crippen LogP contribution in [0.15, 0.2) is 91.5 Å². The SMILES string of the molecule is C=CC(=O)Nc1ccc(C2CCCn3c2nc(-c2ccc(Oc4ccccc4)cc2)c3C(N)=O)cc1. The predicted octanol–water partition coefficient (Wildman–Crippen LogP) is 5.49. The van der Waals surface area contributed by atoms with Crippen LogP contribution in [0, 0.1) is 0 Å². The van der Waals surface area contributed by atoms with Crippen molar-refractivity contribution in [3.63, 3.8) is 0 Å². The molecule has 3 aromatic carbocycles. The fourth-order valence-corrected chi connectivity index (χ4v) is 4.61. The van der Waals surface area contributed by atoms with E-state index in [9.17, 15) is 9.59 Å². The zero-order valence-corrected chi connectivity index (χ0v) is 19.7. The summed E-state index contributed by atoms with van der Waals surface area (Å²) in [6, 6.07) is 24.7. The van der Waals surface area contributed by atoms with Gasteiger partial charge in [0.1, 0.15) is 28.7 Å². The van der Waals surface area contributed by atoms with Gasteiger partial charge in [0.05, 0.1) is 0 Å². The van der Waals surface area contributed by atoms with Crippen LogP contribution < -0.4 is 15.8 Å². The Hall–Kier alpha value is -4.65. The minimum Gasteiger partial charge on any atom is -0.457 e. The predicted molar refractivity (Wildman–Crippen MR) is 139 cm³/mol. The van der Waals surface area contributed by atoms with E-state index in [4.69, 9.17) is 15.5 Å². The molecule has 0 saturated heterocycles. The van der Waals surface area contributed by atoms with Gasteiger partial charge in [0.25, 0.3) is 5.91 Å². The number of rotatable bonds is 7. The molecule has 2 amide bonds. The van der Waals surface area contributed by atoms with E-state index in [1.165, 1.54) is 6.08 Å². The van der Waals surface area contributed by atoms with Crippen LogP contribution in [0.25, 0.3) is 11.3 Å². The number of para-hydroxylation sites is 1. The van der Waals surface area contributed by atoms with E-state index in [0.29, 0.717) is 29.4 Å². The summed E-state index contributed by atoms with van der Waals surface area (Å²) in [5, 5.41) is 2.76. The first kappa shape index (κ1) is 23.1. The Morgan fingerprint density at radius 1 is 1.00 bits per heavy atom. The van der Waals surface area contributed by atoms with Gasteiger partial charge in [-0.25, -0.2) is 4.98 Å². The molecule has 7 nitrogen and oxygen atoms in total. The zero-order chi connectivity index (χ0) is 25.1. The van der Waals surface area contributed by atoms with E-state index in [0.717, 1.165) is 35.5 Å². The summed E-state index contributed by atoms with van der Waals surface area (Å²) in [6.07, 6.45) is 3.03. The van der Waals surface area contributed by atoms with E-state index >= 15 is 0 Å². The van der Waals surface area contributed by atoms with Crippen molar-refractivity contribution in [3.8, 4) is 22.8 Å². The molecule has 0 radical (unpaired) electrons. The minimum atomic E-state index is -0.503. The van der Waals surface area contributed by atoms with E-state index < -0.39 is 5.91 Å². The van der Waals surface area contributed by atoms with Crippen molar-refractivity contribution in [1.29, 1.82) is 0 Å². The van der Waals surface area contributed by atoms with Crippen LogP contribution >= 0.6 is 0 Å². The molecule has 1 aliphatic rings. The minimum absolute atomic E-state index is 0.00967. The van der Waals surface area contributed by atoms with Crippen LogP contribution in [0.5, 0.6) is 11.5 Å². The average Bonchev–Trinajstić information content (AvgIpc) is 3.30. The van der Waals surface area contributed by atoms with Gasteiger partial charge in [-0.3, -0.25) is 9.59 Å². The molecule has 3 N–H and O–H groups in total. The Kier molecular flexibility index (Phi) is 6.36. The number of nitrogens with one attached hydrogen (secondary N) is 1. The number of carbonyl (C=O) groups is 2. The lowest BCUT2D eigenvalue weighted by Gasteiger charge is -2.24. The maximum absolute atomic E-state index is 12.5. The first-order valence-corrected chi connectivity index (χ1v) is 11.8. The van der Waals surface area contributed by atoms with Gasteiger partial charge in [-0.15, -0.1) is 0 Å². The monoisotopic (exact) mass is 478 g/mol. The van der Waals surface area contributed by atoms with E-state index in [1.807, 2.05) is 83.4 Å². The molecular formula is C29H26N4O3. The third-order valence-corrected chi connectivity index (χ3v) is 6.29. The Balaban J connectivity index is 1.46. The van der Waals surface area contributed by atoms with Crippen molar-refractivity contribution in [2.24, 2.45) is 5.73 Å². The van der Waals surface area contributed by atoms with Gasteiger partial charge in [-0.2, -0.15) is 0 Å². The van der Waals surface area contributed by atoms with Crippen molar-refractivity contribution in [1.82, 2.24) is 9.55 Å². The van der Waals surface area contributed by atoms with Gasteiger partial charge in [0, 0.05) is 23.7 Å². The maximum Gasteiger partial charge on any atom is 0.267 e. The van der Waals surface area contributed by atoms with Gasteiger partial charge in [0.2, 0.25) is 5.91 Å². The van der Waals surface area contributed by atoms with E-state index in [-0.39, 0.29) is 11.8 Å². The smallest absolute Gasteiger partial charge is 0.267 e. The highest BCUT2D eigenvalue weighted by Gasteiger charge is 2.30. The molecule has 1 aliphatic heterocycles. The lowest BCUT2D eigenvalue weighted by Crippen LogP contribution is -2.23. The number of nitrogens with two attached hydrogens (primary N) is 1. The quantitative estimate of drug-likeness (QED) is 0.343. The molecule has 0 bridgehead atoms. The Morgan fingerprint density at radius 3 is 2.36 bits per heavy atom. The summed E-state index contributed by atoms with van der Waals surface area (Å²) < 4.78 is 7.85. The first-order chi connectivity index (χ1) is 17.5. The standard InChI is InChI=1S/C29H26N4O3/c1-2-25(34)31-21-14-10-19(11-15-21)24-9-6-18-33-27(28(30)35)26(32-29(24)33)20-12-16-23(17-13-20)36-22-7-4-3-5-8-22/h2-5,7-8,10-17,24H,1,6,9,18H2,(H2,30,35)(H,31,34). The molecule has 1 aromatic heterocycles. The number of fused-ring (bicyclic) bond motifs is 1. The Bertz CT molecular complexity index is 1410. The summed E-state index contributed by atoms with van der Waals surface area (Å²) in [4.78, 5) is 29.1. The fraction of sp³-hybridized carbons (Fsp3) is 0.138. The number of imidazole rings is 1. The summed E-state index contributed by atoms with van der Waals surface area (Å²) in [6.45, 7) is 4.16. The largest absolute Gasteiger partial charge is 0.457 e. The third-order valence-electron chi connectivity index (χ3n) is 6.29. The lowest BCUT2D eigenvalue weighted by atomic mass is 9.91. The number of hydrogen-bond donors (Lipinski definition) is 2. The van der Waals surface area contributed by atoms with Gasteiger partial charge in [0.15, 0.2) is 0 Å². The number of benzene rings is 3. The van der Waals surface area contributed by atoms with Crippen LogP contribution in [-0.4, -0.2) is 21.4 Å². The summed E-state index contributed by atoms with van der Waals surface area (Å²) in [7, 11) is 0. The molecule has 1 unspecified atom stereocenters. The summed E-state index contributed by atoms with van der Waals surface area (Å²) in [5.41, 5.74) is 9.39. The van der Waals surface area contributed by atoms with Crippen LogP contribution in [0.3, 0.4) is 0 Å². The van der Waals surface area contributed by atoms with Crippen LogP contribution in [0.1, 0.15) is 40.6 Å². The molecule has 2 heterocycles. The van der Waals surface area contributed by atoms with Crippen molar-refractivity contribution in [2.75, 3.05) is 5.32 Å². The fourth-order valence-electron chi connectivity index (χ4n) is 4.61. The molecule has 5 rings (SSSR count). The van der Waals surface area contributed by atoms with E-state index in [1.54, 1.807) is 0 Å². The molecule has 7 heteroatoms. The highest BCUT2D eigenvalue weighted by molar-refractivity contribution is 5.99. The lowest BCUT2D eigenvalue weighted by molar-refractivity contribution is -0.111. The number of nitrogens with zero attached hydrogens (tertiary/aromatic N) is 2. The number of hydrogen-bond acceptors (Lipinski definition) is 4. The number of primary amides is 1. The Labute approximate surface area is 209 Å². The van der Waals surface area contributed by atoms with Crippen molar-refractivity contribution >= 4 is 17.5 Å². The van der Waals surface area contributed by atoms with Crippen LogP contribution in [0.2, 0.25) is 0 Å². The van der Waals surface area contributed by atoms with Crippen molar-refractivity contribution in [3.05, 3.63) is 109 Å². The molecule has 0 fully saturated rings. The maximum atomic E-state index is 12.5.